The monoisotopic (exact) mass is 416 g/mol. The van der Waals surface area contributed by atoms with E-state index in [9.17, 15) is 18.0 Å². The van der Waals surface area contributed by atoms with Gasteiger partial charge in [0.2, 0.25) is 0 Å². The van der Waals surface area contributed by atoms with Crippen LogP contribution >= 0.6 is 0 Å². The second-order valence-corrected chi connectivity index (χ2v) is 6.80. The number of ether oxygens (including phenoxy) is 1. The topological polar surface area (TPSA) is 50.4 Å². The van der Waals surface area contributed by atoms with Crippen LogP contribution in [-0.2, 0) is 6.42 Å². The largest absolute Gasteiger partial charge is 0.473 e. The van der Waals surface area contributed by atoms with Crippen molar-refractivity contribution in [1.29, 1.82) is 0 Å². The molecule has 3 aromatic rings. The van der Waals surface area contributed by atoms with Gasteiger partial charge >= 0.3 is 6.18 Å². The molecule has 0 aliphatic carbocycles. The summed E-state index contributed by atoms with van der Waals surface area (Å²) in [4.78, 5) is 12.8. The van der Waals surface area contributed by atoms with E-state index in [-0.39, 0.29) is 12.5 Å². The molecular weight excluding hydrogens is 393 g/mol. The third kappa shape index (κ3) is 5.73. The number of para-hydroxylation sites is 1. The lowest BCUT2D eigenvalue weighted by Crippen LogP contribution is -2.47. The van der Waals surface area contributed by atoms with Crippen molar-refractivity contribution in [1.82, 2.24) is 10.6 Å². The van der Waals surface area contributed by atoms with Crippen molar-refractivity contribution in [2.75, 3.05) is 13.1 Å². The molecule has 4 nitrogen and oxygen atoms in total. The number of fused-ring (bicyclic) bond motifs is 1. The second-order valence-electron chi connectivity index (χ2n) is 6.80. The summed E-state index contributed by atoms with van der Waals surface area (Å²) in [6, 6.07) is 19.7. The van der Waals surface area contributed by atoms with Crippen molar-refractivity contribution in [3.63, 3.8) is 0 Å². The van der Waals surface area contributed by atoms with E-state index in [4.69, 9.17) is 4.74 Å². The van der Waals surface area contributed by atoms with Gasteiger partial charge in [-0.3, -0.25) is 10.1 Å². The normalized spacial score (nSPS) is 12.5. The minimum atomic E-state index is -4.39. The van der Waals surface area contributed by atoms with E-state index in [1.807, 2.05) is 37.3 Å². The first-order valence-corrected chi connectivity index (χ1v) is 9.68. The Morgan fingerprint density at radius 3 is 2.30 bits per heavy atom. The number of nitrogens with one attached hydrogen (secondary N) is 2. The highest BCUT2D eigenvalue weighted by atomic mass is 19.4. The van der Waals surface area contributed by atoms with Gasteiger partial charge in [0.05, 0.1) is 13.1 Å². The van der Waals surface area contributed by atoms with E-state index in [0.29, 0.717) is 11.3 Å². The Bertz CT molecular complexity index is 991. The first-order chi connectivity index (χ1) is 14.4. The van der Waals surface area contributed by atoms with Crippen LogP contribution in [0.15, 0.2) is 66.7 Å². The molecule has 0 fully saturated rings. The van der Waals surface area contributed by atoms with Gasteiger partial charge < -0.3 is 10.1 Å². The maximum Gasteiger partial charge on any atom is 0.401 e. The van der Waals surface area contributed by atoms with Crippen LogP contribution in [0, 0.1) is 0 Å². The Morgan fingerprint density at radius 2 is 1.63 bits per heavy atom. The summed E-state index contributed by atoms with van der Waals surface area (Å²) < 4.78 is 43.6. The Morgan fingerprint density at radius 1 is 0.967 bits per heavy atom. The number of hydrogen-bond donors (Lipinski definition) is 2. The maximum atomic E-state index is 12.8. The van der Waals surface area contributed by atoms with E-state index in [1.54, 1.807) is 36.4 Å². The lowest BCUT2D eigenvalue weighted by molar-refractivity contribution is -0.129. The van der Waals surface area contributed by atoms with Gasteiger partial charge in [-0.2, -0.15) is 13.2 Å². The van der Waals surface area contributed by atoms with Crippen LogP contribution in [-0.4, -0.2) is 31.4 Å². The first kappa shape index (κ1) is 21.6. The third-order valence-corrected chi connectivity index (χ3v) is 4.64. The van der Waals surface area contributed by atoms with Crippen LogP contribution in [0.2, 0.25) is 0 Å². The molecule has 3 rings (SSSR count). The number of aryl methyl sites for hydroxylation is 1. The van der Waals surface area contributed by atoms with E-state index in [0.717, 1.165) is 22.8 Å². The Hall–Kier alpha value is -3.06. The van der Waals surface area contributed by atoms with Crippen molar-refractivity contribution >= 4 is 16.7 Å². The summed E-state index contributed by atoms with van der Waals surface area (Å²) in [5, 5.41) is 6.79. The molecule has 0 bridgehead atoms. The SMILES string of the molecule is CCc1ccc(C(=O)NCC(NCC(F)(F)F)Oc2ccccc2)c2ccccc12. The highest BCUT2D eigenvalue weighted by Crippen LogP contribution is 2.23. The predicted molar refractivity (Wildman–Crippen MR) is 111 cm³/mol. The van der Waals surface area contributed by atoms with Crippen molar-refractivity contribution in [3.05, 3.63) is 77.9 Å². The fourth-order valence-corrected chi connectivity index (χ4v) is 3.20. The first-order valence-electron chi connectivity index (χ1n) is 9.68. The number of carbonyl (C=O) groups is 1. The van der Waals surface area contributed by atoms with Gasteiger partial charge in [0.15, 0.2) is 6.23 Å². The predicted octanol–water partition coefficient (Wildman–Crippen LogP) is 4.69. The van der Waals surface area contributed by atoms with Crippen LogP contribution in [0.1, 0.15) is 22.8 Å². The second kappa shape index (κ2) is 9.63. The molecule has 7 heteroatoms. The van der Waals surface area contributed by atoms with Crippen LogP contribution in [0.4, 0.5) is 13.2 Å². The molecule has 0 aliphatic heterocycles. The zero-order valence-electron chi connectivity index (χ0n) is 16.5. The van der Waals surface area contributed by atoms with Crippen molar-refractivity contribution < 1.29 is 22.7 Å². The molecule has 0 spiro atoms. The lowest BCUT2D eigenvalue weighted by atomic mass is 9.98. The lowest BCUT2D eigenvalue weighted by Gasteiger charge is -2.22. The Kier molecular flexibility index (Phi) is 6.95. The maximum absolute atomic E-state index is 12.8. The van der Waals surface area contributed by atoms with Crippen LogP contribution in [0.3, 0.4) is 0 Å². The molecule has 1 amide bonds. The van der Waals surface area contributed by atoms with Gasteiger partial charge in [-0.05, 0) is 41.0 Å². The molecular formula is C23H23F3N2O2. The van der Waals surface area contributed by atoms with Gasteiger partial charge in [-0.25, -0.2) is 0 Å². The average molecular weight is 416 g/mol. The molecule has 0 saturated carbocycles. The summed E-state index contributed by atoms with van der Waals surface area (Å²) in [6.07, 6.45) is -4.61. The number of alkyl halides is 3. The molecule has 30 heavy (non-hydrogen) atoms. The van der Waals surface area contributed by atoms with Crippen molar-refractivity contribution in [2.45, 2.75) is 25.7 Å². The van der Waals surface area contributed by atoms with E-state index >= 15 is 0 Å². The van der Waals surface area contributed by atoms with Crippen molar-refractivity contribution in [2.24, 2.45) is 0 Å². The quantitative estimate of drug-likeness (QED) is 0.524. The minimum absolute atomic E-state index is 0.131. The van der Waals surface area contributed by atoms with Crippen LogP contribution in [0.5, 0.6) is 5.75 Å². The minimum Gasteiger partial charge on any atom is -0.473 e. The van der Waals surface area contributed by atoms with Gasteiger partial charge in [0.25, 0.3) is 5.91 Å². The summed E-state index contributed by atoms with van der Waals surface area (Å²) in [7, 11) is 0. The molecule has 1 unspecified atom stereocenters. The highest BCUT2D eigenvalue weighted by Gasteiger charge is 2.28. The standard InChI is InChI=1S/C23H23F3N2O2/c1-2-16-12-13-20(19-11-7-6-10-18(16)19)22(29)27-14-21(28-15-23(24,25)26)30-17-8-4-3-5-9-17/h3-13,21,28H,2,14-15H2,1H3,(H,27,29). The summed E-state index contributed by atoms with van der Waals surface area (Å²) in [6.45, 7) is 0.682. The summed E-state index contributed by atoms with van der Waals surface area (Å²) >= 11 is 0. The zero-order chi connectivity index (χ0) is 21.6. The molecule has 158 valence electrons. The molecule has 3 aromatic carbocycles. The summed E-state index contributed by atoms with van der Waals surface area (Å²) in [5.41, 5.74) is 1.59. The van der Waals surface area contributed by atoms with Crippen LogP contribution in [0.25, 0.3) is 10.8 Å². The highest BCUT2D eigenvalue weighted by molar-refractivity contribution is 6.07. The Balaban J connectivity index is 1.74. The number of amides is 1. The van der Waals surface area contributed by atoms with E-state index < -0.39 is 18.9 Å². The number of rotatable bonds is 8. The molecule has 0 aromatic heterocycles. The smallest absolute Gasteiger partial charge is 0.401 e. The fourth-order valence-electron chi connectivity index (χ4n) is 3.20. The van der Waals surface area contributed by atoms with Crippen LogP contribution < -0.4 is 15.4 Å². The van der Waals surface area contributed by atoms with Crippen molar-refractivity contribution in [3.8, 4) is 5.75 Å². The van der Waals surface area contributed by atoms with Gasteiger partial charge in [0.1, 0.15) is 5.75 Å². The number of hydrogen-bond acceptors (Lipinski definition) is 3. The zero-order valence-corrected chi connectivity index (χ0v) is 16.5. The van der Waals surface area contributed by atoms with Gasteiger partial charge in [-0.1, -0.05) is 55.5 Å². The summed E-state index contributed by atoms with van der Waals surface area (Å²) in [5.74, 6) is 0.0356. The molecule has 2 N–H and O–H groups in total. The average Bonchev–Trinajstić information content (AvgIpc) is 2.74. The molecule has 0 aliphatic rings. The third-order valence-electron chi connectivity index (χ3n) is 4.64. The van der Waals surface area contributed by atoms with E-state index in [2.05, 4.69) is 10.6 Å². The van der Waals surface area contributed by atoms with Gasteiger partial charge in [-0.15, -0.1) is 0 Å². The molecule has 1 atom stereocenters. The number of benzene rings is 3. The van der Waals surface area contributed by atoms with E-state index in [1.165, 1.54) is 0 Å². The van der Waals surface area contributed by atoms with Gasteiger partial charge in [0, 0.05) is 5.56 Å². The number of carbonyl (C=O) groups excluding carboxylic acids is 1. The number of halogens is 3. The Labute approximate surface area is 173 Å². The molecule has 0 heterocycles. The fraction of sp³-hybridized carbons (Fsp3) is 0.261. The molecule has 0 radical (unpaired) electrons. The molecule has 0 saturated heterocycles.